The molecule has 0 saturated heterocycles. The SMILES string of the molecule is CCC(CNCCc1ccccc1OC)C(=O)O. The van der Waals surface area contributed by atoms with Gasteiger partial charge in [-0.05, 0) is 31.0 Å². The summed E-state index contributed by atoms with van der Waals surface area (Å²) in [7, 11) is 1.66. The number of carboxylic acids is 1. The van der Waals surface area contributed by atoms with Crippen molar-refractivity contribution in [3.05, 3.63) is 29.8 Å². The van der Waals surface area contributed by atoms with Gasteiger partial charge in [0.2, 0.25) is 0 Å². The molecule has 0 amide bonds. The first-order valence-corrected chi connectivity index (χ1v) is 6.24. The molecule has 1 atom stereocenters. The summed E-state index contributed by atoms with van der Waals surface area (Å²) < 4.78 is 5.26. The van der Waals surface area contributed by atoms with E-state index in [1.165, 1.54) is 0 Å². The molecule has 18 heavy (non-hydrogen) atoms. The molecule has 0 bridgehead atoms. The number of benzene rings is 1. The molecule has 2 N–H and O–H groups in total. The fourth-order valence-electron chi connectivity index (χ4n) is 1.82. The van der Waals surface area contributed by atoms with E-state index in [1.54, 1.807) is 7.11 Å². The number of carbonyl (C=O) groups is 1. The highest BCUT2D eigenvalue weighted by Crippen LogP contribution is 2.17. The van der Waals surface area contributed by atoms with Crippen LogP contribution in [0, 0.1) is 5.92 Å². The third kappa shape index (κ3) is 4.37. The molecule has 0 saturated carbocycles. The number of methoxy groups -OCH3 is 1. The van der Waals surface area contributed by atoms with Gasteiger partial charge in [0.15, 0.2) is 0 Å². The minimum absolute atomic E-state index is 0.303. The Kier molecular flexibility index (Phi) is 6.22. The van der Waals surface area contributed by atoms with E-state index in [2.05, 4.69) is 5.32 Å². The van der Waals surface area contributed by atoms with E-state index in [0.29, 0.717) is 13.0 Å². The predicted octanol–water partition coefficient (Wildman–Crippen LogP) is 1.94. The smallest absolute Gasteiger partial charge is 0.307 e. The van der Waals surface area contributed by atoms with Gasteiger partial charge in [0.05, 0.1) is 13.0 Å². The van der Waals surface area contributed by atoms with Crippen molar-refractivity contribution in [2.24, 2.45) is 5.92 Å². The van der Waals surface area contributed by atoms with Gasteiger partial charge in [0, 0.05) is 6.54 Å². The van der Waals surface area contributed by atoms with Gasteiger partial charge >= 0.3 is 5.97 Å². The predicted molar refractivity (Wildman–Crippen MR) is 71.0 cm³/mol. The van der Waals surface area contributed by atoms with Gasteiger partial charge in [0.1, 0.15) is 5.75 Å². The molecule has 4 nitrogen and oxygen atoms in total. The Bertz CT molecular complexity index is 379. The van der Waals surface area contributed by atoms with Gasteiger partial charge < -0.3 is 15.2 Å². The van der Waals surface area contributed by atoms with Crippen LogP contribution >= 0.6 is 0 Å². The van der Waals surface area contributed by atoms with E-state index in [4.69, 9.17) is 9.84 Å². The molecular weight excluding hydrogens is 230 g/mol. The maximum atomic E-state index is 10.8. The summed E-state index contributed by atoms with van der Waals surface area (Å²) in [5, 5.41) is 12.1. The lowest BCUT2D eigenvalue weighted by Crippen LogP contribution is -2.29. The molecular formula is C14H21NO3. The highest BCUT2D eigenvalue weighted by molar-refractivity contribution is 5.70. The van der Waals surface area contributed by atoms with Crippen LogP contribution in [0.2, 0.25) is 0 Å². The van der Waals surface area contributed by atoms with E-state index in [1.807, 2.05) is 31.2 Å². The number of hydrogen-bond acceptors (Lipinski definition) is 3. The number of para-hydroxylation sites is 1. The van der Waals surface area contributed by atoms with E-state index >= 15 is 0 Å². The summed E-state index contributed by atoms with van der Waals surface area (Å²) in [5.74, 6) is -0.158. The molecule has 0 aliphatic heterocycles. The first-order valence-electron chi connectivity index (χ1n) is 6.24. The number of aliphatic carboxylic acids is 1. The van der Waals surface area contributed by atoms with Gasteiger partial charge in [-0.2, -0.15) is 0 Å². The van der Waals surface area contributed by atoms with Crippen molar-refractivity contribution in [1.29, 1.82) is 0 Å². The van der Waals surface area contributed by atoms with E-state index in [0.717, 1.165) is 24.3 Å². The average molecular weight is 251 g/mol. The first-order chi connectivity index (χ1) is 8.69. The Morgan fingerprint density at radius 2 is 2.17 bits per heavy atom. The van der Waals surface area contributed by atoms with E-state index in [9.17, 15) is 4.79 Å². The van der Waals surface area contributed by atoms with Crippen molar-refractivity contribution in [3.8, 4) is 5.75 Å². The fraction of sp³-hybridized carbons (Fsp3) is 0.500. The molecule has 0 spiro atoms. The highest BCUT2D eigenvalue weighted by atomic mass is 16.5. The van der Waals surface area contributed by atoms with Crippen LogP contribution in [0.15, 0.2) is 24.3 Å². The van der Waals surface area contributed by atoms with Crippen LogP contribution in [0.5, 0.6) is 5.75 Å². The molecule has 1 aromatic carbocycles. The van der Waals surface area contributed by atoms with Crippen LogP contribution in [-0.2, 0) is 11.2 Å². The average Bonchev–Trinajstić information content (AvgIpc) is 2.38. The molecule has 4 heteroatoms. The zero-order valence-electron chi connectivity index (χ0n) is 11.0. The standard InChI is InChI=1S/C14H21NO3/c1-3-11(14(16)17)10-15-9-8-12-6-4-5-7-13(12)18-2/h4-7,11,15H,3,8-10H2,1-2H3,(H,16,17). The quantitative estimate of drug-likeness (QED) is 0.693. The molecule has 100 valence electrons. The summed E-state index contributed by atoms with van der Waals surface area (Å²) in [6, 6.07) is 7.87. The normalized spacial score (nSPS) is 12.1. The molecule has 1 unspecified atom stereocenters. The Balaban J connectivity index is 2.35. The lowest BCUT2D eigenvalue weighted by molar-refractivity contribution is -0.141. The Hall–Kier alpha value is -1.55. The molecule has 0 fully saturated rings. The summed E-state index contributed by atoms with van der Waals surface area (Å²) in [4.78, 5) is 10.8. The third-order valence-corrected chi connectivity index (χ3v) is 3.00. The lowest BCUT2D eigenvalue weighted by Gasteiger charge is -2.12. The summed E-state index contributed by atoms with van der Waals surface area (Å²) >= 11 is 0. The largest absolute Gasteiger partial charge is 0.496 e. The van der Waals surface area contributed by atoms with Gasteiger partial charge in [0.25, 0.3) is 0 Å². The third-order valence-electron chi connectivity index (χ3n) is 3.00. The fourth-order valence-corrected chi connectivity index (χ4v) is 1.82. The van der Waals surface area contributed by atoms with Crippen molar-refractivity contribution in [3.63, 3.8) is 0 Å². The van der Waals surface area contributed by atoms with Crippen LogP contribution < -0.4 is 10.1 Å². The zero-order valence-corrected chi connectivity index (χ0v) is 11.0. The molecule has 1 rings (SSSR count). The number of nitrogens with one attached hydrogen (secondary N) is 1. The molecule has 0 aliphatic carbocycles. The summed E-state index contributed by atoms with van der Waals surface area (Å²) in [6.07, 6.45) is 1.48. The van der Waals surface area contributed by atoms with Crippen molar-refractivity contribution in [2.75, 3.05) is 20.2 Å². The molecule has 0 aromatic heterocycles. The second kappa shape index (κ2) is 7.71. The zero-order chi connectivity index (χ0) is 13.4. The van der Waals surface area contributed by atoms with E-state index < -0.39 is 5.97 Å². The molecule has 1 aromatic rings. The Labute approximate surface area is 108 Å². The lowest BCUT2D eigenvalue weighted by atomic mass is 10.1. The van der Waals surface area contributed by atoms with Crippen molar-refractivity contribution < 1.29 is 14.6 Å². The number of ether oxygens (including phenoxy) is 1. The van der Waals surface area contributed by atoms with Crippen LogP contribution in [-0.4, -0.2) is 31.3 Å². The maximum absolute atomic E-state index is 10.8. The monoisotopic (exact) mass is 251 g/mol. The molecule has 0 aliphatic rings. The van der Waals surface area contributed by atoms with E-state index in [-0.39, 0.29) is 5.92 Å². The van der Waals surface area contributed by atoms with Crippen LogP contribution in [0.25, 0.3) is 0 Å². The second-order valence-corrected chi connectivity index (χ2v) is 4.21. The highest BCUT2D eigenvalue weighted by Gasteiger charge is 2.13. The number of hydrogen-bond donors (Lipinski definition) is 2. The number of rotatable bonds is 8. The van der Waals surface area contributed by atoms with Crippen LogP contribution in [0.4, 0.5) is 0 Å². The van der Waals surface area contributed by atoms with Gasteiger partial charge in [-0.1, -0.05) is 25.1 Å². The Morgan fingerprint density at radius 1 is 1.44 bits per heavy atom. The topological polar surface area (TPSA) is 58.6 Å². The molecule has 0 radical (unpaired) electrons. The van der Waals surface area contributed by atoms with Crippen molar-refractivity contribution >= 4 is 5.97 Å². The van der Waals surface area contributed by atoms with Gasteiger partial charge in [-0.25, -0.2) is 0 Å². The minimum Gasteiger partial charge on any atom is -0.496 e. The maximum Gasteiger partial charge on any atom is 0.307 e. The van der Waals surface area contributed by atoms with Crippen LogP contribution in [0.3, 0.4) is 0 Å². The van der Waals surface area contributed by atoms with Crippen molar-refractivity contribution in [2.45, 2.75) is 19.8 Å². The summed E-state index contributed by atoms with van der Waals surface area (Å²) in [5.41, 5.74) is 1.14. The Morgan fingerprint density at radius 3 is 2.78 bits per heavy atom. The molecule has 0 heterocycles. The number of carboxylic acid groups (broad SMARTS) is 1. The minimum atomic E-state index is -0.734. The second-order valence-electron chi connectivity index (χ2n) is 4.21. The summed E-state index contributed by atoms with van der Waals surface area (Å²) in [6.45, 7) is 3.16. The van der Waals surface area contributed by atoms with Crippen molar-refractivity contribution in [1.82, 2.24) is 5.32 Å². The van der Waals surface area contributed by atoms with Gasteiger partial charge in [-0.3, -0.25) is 4.79 Å². The van der Waals surface area contributed by atoms with Crippen LogP contribution in [0.1, 0.15) is 18.9 Å². The first kappa shape index (κ1) is 14.5. The van der Waals surface area contributed by atoms with Gasteiger partial charge in [-0.15, -0.1) is 0 Å².